The summed E-state index contributed by atoms with van der Waals surface area (Å²) >= 11 is 0. The molecule has 1 aromatic heterocycles. The average Bonchev–Trinajstić information content (AvgIpc) is 2.85. The largest absolute Gasteiger partial charge is 0.387 e. The standard InChI is InChI=1S/C13H12F2N2O3/c1-7-4-11(17-20-7)13(19)16-6-12(18)8-2-3-9(14)10(15)5-8/h2-5,12,18H,6H2,1H3,(H,16,19)/t12-/m1/s1. The number of hydrogen-bond donors (Lipinski definition) is 2. The molecule has 1 atom stereocenters. The number of carbonyl (C=O) groups excluding carboxylic acids is 1. The van der Waals surface area contributed by atoms with E-state index in [1.807, 2.05) is 0 Å². The van der Waals surface area contributed by atoms with Crippen LogP contribution in [-0.4, -0.2) is 22.7 Å². The molecule has 1 heterocycles. The maximum Gasteiger partial charge on any atom is 0.273 e. The minimum absolute atomic E-state index is 0.0833. The quantitative estimate of drug-likeness (QED) is 0.895. The summed E-state index contributed by atoms with van der Waals surface area (Å²) in [5.41, 5.74) is 0.250. The number of aliphatic hydroxyl groups excluding tert-OH is 1. The molecule has 1 aromatic carbocycles. The first-order valence-corrected chi connectivity index (χ1v) is 5.82. The summed E-state index contributed by atoms with van der Waals surface area (Å²) in [5, 5.41) is 15.7. The maximum absolute atomic E-state index is 13.0. The summed E-state index contributed by atoms with van der Waals surface area (Å²) in [5.74, 6) is -2.09. The second-order valence-corrected chi connectivity index (χ2v) is 4.22. The number of aliphatic hydroxyl groups is 1. The molecule has 0 fully saturated rings. The van der Waals surface area contributed by atoms with Gasteiger partial charge in [-0.25, -0.2) is 8.78 Å². The van der Waals surface area contributed by atoms with E-state index in [-0.39, 0.29) is 17.8 Å². The topological polar surface area (TPSA) is 75.4 Å². The molecule has 2 rings (SSSR count). The lowest BCUT2D eigenvalue weighted by Crippen LogP contribution is -2.28. The van der Waals surface area contributed by atoms with Crippen molar-refractivity contribution in [3.8, 4) is 0 Å². The van der Waals surface area contributed by atoms with Crippen LogP contribution in [-0.2, 0) is 0 Å². The Balaban J connectivity index is 1.96. The molecule has 1 amide bonds. The van der Waals surface area contributed by atoms with Crippen LogP contribution in [0.1, 0.15) is 27.9 Å². The number of aromatic nitrogens is 1. The van der Waals surface area contributed by atoms with E-state index >= 15 is 0 Å². The van der Waals surface area contributed by atoms with Crippen molar-refractivity contribution in [3.05, 3.63) is 52.9 Å². The van der Waals surface area contributed by atoms with Crippen LogP contribution in [0, 0.1) is 18.6 Å². The molecule has 0 aliphatic rings. The molecule has 0 aliphatic carbocycles. The van der Waals surface area contributed by atoms with Crippen molar-refractivity contribution in [3.63, 3.8) is 0 Å². The first-order chi connectivity index (χ1) is 9.47. The Hall–Kier alpha value is -2.28. The Morgan fingerprint density at radius 2 is 2.15 bits per heavy atom. The molecule has 2 N–H and O–H groups in total. The molecule has 106 valence electrons. The smallest absolute Gasteiger partial charge is 0.273 e. The normalized spacial score (nSPS) is 12.2. The van der Waals surface area contributed by atoms with Crippen LogP contribution in [0.4, 0.5) is 8.78 Å². The van der Waals surface area contributed by atoms with Gasteiger partial charge in [-0.2, -0.15) is 0 Å². The Kier molecular flexibility index (Phi) is 4.09. The summed E-state index contributed by atoms with van der Waals surface area (Å²) in [6, 6.07) is 4.48. The van der Waals surface area contributed by atoms with E-state index in [9.17, 15) is 18.7 Å². The number of hydrogen-bond acceptors (Lipinski definition) is 4. The molecule has 0 bridgehead atoms. The fraction of sp³-hybridized carbons (Fsp3) is 0.231. The minimum Gasteiger partial charge on any atom is -0.387 e. The zero-order valence-electron chi connectivity index (χ0n) is 10.6. The highest BCUT2D eigenvalue weighted by Gasteiger charge is 2.15. The van der Waals surface area contributed by atoms with Crippen molar-refractivity contribution in [2.24, 2.45) is 0 Å². The predicted octanol–water partition coefficient (Wildman–Crippen LogP) is 1.72. The van der Waals surface area contributed by atoms with E-state index in [4.69, 9.17) is 4.52 Å². The van der Waals surface area contributed by atoms with Crippen LogP contribution < -0.4 is 5.32 Å². The van der Waals surface area contributed by atoms with Crippen molar-refractivity contribution in [1.82, 2.24) is 10.5 Å². The van der Waals surface area contributed by atoms with Crippen LogP contribution in [0.25, 0.3) is 0 Å². The number of rotatable bonds is 4. The second-order valence-electron chi connectivity index (χ2n) is 4.22. The van der Waals surface area contributed by atoms with Crippen LogP contribution in [0.15, 0.2) is 28.8 Å². The molecule has 0 radical (unpaired) electrons. The van der Waals surface area contributed by atoms with E-state index < -0.39 is 23.6 Å². The molecule has 20 heavy (non-hydrogen) atoms. The third-order valence-electron chi connectivity index (χ3n) is 2.65. The summed E-state index contributed by atoms with van der Waals surface area (Å²) in [6.45, 7) is 1.48. The van der Waals surface area contributed by atoms with Gasteiger partial charge in [0.1, 0.15) is 5.76 Å². The van der Waals surface area contributed by atoms with Crippen LogP contribution >= 0.6 is 0 Å². The fourth-order valence-electron chi connectivity index (χ4n) is 1.59. The lowest BCUT2D eigenvalue weighted by molar-refractivity contribution is 0.0907. The van der Waals surface area contributed by atoms with Gasteiger partial charge in [0.15, 0.2) is 17.3 Å². The van der Waals surface area contributed by atoms with E-state index in [0.29, 0.717) is 5.76 Å². The average molecular weight is 282 g/mol. The molecule has 0 saturated carbocycles. The van der Waals surface area contributed by atoms with Crippen molar-refractivity contribution in [2.45, 2.75) is 13.0 Å². The molecular formula is C13H12F2N2O3. The fourth-order valence-corrected chi connectivity index (χ4v) is 1.59. The summed E-state index contributed by atoms with van der Waals surface area (Å²) in [4.78, 5) is 11.6. The monoisotopic (exact) mass is 282 g/mol. The van der Waals surface area contributed by atoms with Crippen molar-refractivity contribution >= 4 is 5.91 Å². The number of halogens is 2. The molecule has 0 unspecified atom stereocenters. The molecule has 2 aromatic rings. The molecule has 7 heteroatoms. The van der Waals surface area contributed by atoms with E-state index in [1.165, 1.54) is 12.1 Å². The molecule has 0 spiro atoms. The third kappa shape index (κ3) is 3.18. The van der Waals surface area contributed by atoms with Gasteiger partial charge < -0.3 is 14.9 Å². The Labute approximate surface area is 113 Å². The van der Waals surface area contributed by atoms with Gasteiger partial charge in [-0.05, 0) is 24.6 Å². The zero-order valence-corrected chi connectivity index (χ0v) is 10.6. The summed E-state index contributed by atoms with van der Waals surface area (Å²) in [6.07, 6.45) is -1.15. The van der Waals surface area contributed by atoms with Crippen LogP contribution in [0.2, 0.25) is 0 Å². The number of carbonyl (C=O) groups is 1. The first kappa shape index (κ1) is 14.1. The lowest BCUT2D eigenvalue weighted by Gasteiger charge is -2.11. The molecule has 0 aliphatic heterocycles. The number of nitrogens with one attached hydrogen (secondary N) is 1. The van der Waals surface area contributed by atoms with E-state index in [2.05, 4.69) is 10.5 Å². The van der Waals surface area contributed by atoms with Gasteiger partial charge in [0.25, 0.3) is 5.91 Å². The maximum atomic E-state index is 13.0. The van der Waals surface area contributed by atoms with Gasteiger partial charge in [-0.15, -0.1) is 0 Å². The first-order valence-electron chi connectivity index (χ1n) is 5.82. The number of benzene rings is 1. The van der Waals surface area contributed by atoms with Crippen molar-refractivity contribution in [2.75, 3.05) is 6.54 Å². The van der Waals surface area contributed by atoms with Crippen LogP contribution in [0.3, 0.4) is 0 Å². The van der Waals surface area contributed by atoms with Gasteiger partial charge in [0, 0.05) is 12.6 Å². The van der Waals surface area contributed by atoms with Crippen LogP contribution in [0.5, 0.6) is 0 Å². The minimum atomic E-state index is -1.15. The Morgan fingerprint density at radius 1 is 1.40 bits per heavy atom. The van der Waals surface area contributed by atoms with Gasteiger partial charge in [-0.3, -0.25) is 4.79 Å². The number of amides is 1. The highest BCUT2D eigenvalue weighted by molar-refractivity contribution is 5.92. The Bertz CT molecular complexity index is 628. The van der Waals surface area contributed by atoms with E-state index in [1.54, 1.807) is 6.92 Å². The van der Waals surface area contributed by atoms with Gasteiger partial charge in [-0.1, -0.05) is 11.2 Å². The van der Waals surface area contributed by atoms with Gasteiger partial charge in [0.2, 0.25) is 0 Å². The molecule has 5 nitrogen and oxygen atoms in total. The second kappa shape index (κ2) is 5.79. The van der Waals surface area contributed by atoms with Gasteiger partial charge >= 0.3 is 0 Å². The SMILES string of the molecule is Cc1cc(C(=O)NC[C@@H](O)c2ccc(F)c(F)c2)no1. The molecule has 0 saturated heterocycles. The predicted molar refractivity (Wildman–Crippen MR) is 64.9 cm³/mol. The Morgan fingerprint density at radius 3 is 2.75 bits per heavy atom. The number of nitrogens with zero attached hydrogens (tertiary/aromatic N) is 1. The van der Waals surface area contributed by atoms with Crippen molar-refractivity contribution < 1.29 is 23.2 Å². The summed E-state index contributed by atoms with van der Waals surface area (Å²) < 4.78 is 30.5. The summed E-state index contributed by atoms with van der Waals surface area (Å²) in [7, 11) is 0. The zero-order chi connectivity index (χ0) is 14.7. The highest BCUT2D eigenvalue weighted by atomic mass is 19.2. The highest BCUT2D eigenvalue weighted by Crippen LogP contribution is 2.15. The number of aryl methyl sites for hydroxylation is 1. The van der Waals surface area contributed by atoms with Gasteiger partial charge in [0.05, 0.1) is 6.10 Å². The van der Waals surface area contributed by atoms with E-state index in [0.717, 1.165) is 12.1 Å². The molecular weight excluding hydrogens is 270 g/mol. The lowest BCUT2D eigenvalue weighted by atomic mass is 10.1. The van der Waals surface area contributed by atoms with Crippen molar-refractivity contribution in [1.29, 1.82) is 0 Å². The third-order valence-corrected chi connectivity index (χ3v) is 2.65.